The topological polar surface area (TPSA) is 98.2 Å². The van der Waals surface area contributed by atoms with Crippen LogP contribution in [0.4, 0.5) is 5.69 Å². The van der Waals surface area contributed by atoms with Gasteiger partial charge in [0, 0.05) is 18.3 Å². The standard InChI is InChI=1S/C24H20N4O4/c1-15-19(24(29)31-3)14-28-23(15)22(16(12-25)13-26-28)27-17-8-10-18(11-9-17)32-21-7-5-4-6-20(21)30-2/h4-8,10-11,13-14H,9H2,1-3H3. The average Bonchev–Trinajstić information content (AvgIpc) is 3.17. The van der Waals surface area contributed by atoms with Gasteiger partial charge in [0.2, 0.25) is 0 Å². The van der Waals surface area contributed by atoms with Crippen LogP contribution in [0.15, 0.2) is 65.6 Å². The second-order valence-electron chi connectivity index (χ2n) is 6.97. The molecule has 2 aromatic heterocycles. The maximum Gasteiger partial charge on any atom is 0.339 e. The van der Waals surface area contributed by atoms with Gasteiger partial charge in [-0.1, -0.05) is 12.1 Å². The molecule has 32 heavy (non-hydrogen) atoms. The quantitative estimate of drug-likeness (QED) is 0.562. The van der Waals surface area contributed by atoms with E-state index in [-0.39, 0.29) is 0 Å². The van der Waals surface area contributed by atoms with Gasteiger partial charge in [0.1, 0.15) is 17.5 Å². The fourth-order valence-corrected chi connectivity index (χ4v) is 3.43. The number of allylic oxidation sites excluding steroid dienone is 3. The Morgan fingerprint density at radius 3 is 2.66 bits per heavy atom. The highest BCUT2D eigenvalue weighted by Crippen LogP contribution is 2.32. The summed E-state index contributed by atoms with van der Waals surface area (Å²) in [6.07, 6.45) is 9.07. The Balaban J connectivity index is 1.67. The van der Waals surface area contributed by atoms with E-state index in [0.29, 0.717) is 51.6 Å². The molecule has 0 saturated heterocycles. The number of ether oxygens (including phenoxy) is 3. The van der Waals surface area contributed by atoms with Gasteiger partial charge in [-0.15, -0.1) is 0 Å². The van der Waals surface area contributed by atoms with Gasteiger partial charge in [-0.25, -0.2) is 14.3 Å². The summed E-state index contributed by atoms with van der Waals surface area (Å²) in [7, 11) is 2.92. The number of carbonyl (C=O) groups excluding carboxylic acids is 1. The molecule has 0 radical (unpaired) electrons. The van der Waals surface area contributed by atoms with Crippen molar-refractivity contribution in [3.8, 4) is 17.6 Å². The fourth-order valence-electron chi connectivity index (χ4n) is 3.43. The molecule has 0 aliphatic heterocycles. The van der Waals surface area contributed by atoms with Gasteiger partial charge in [0.15, 0.2) is 11.5 Å². The number of aromatic nitrogens is 2. The first-order valence-corrected chi connectivity index (χ1v) is 9.81. The number of aliphatic imine (C=N–C) groups is 1. The van der Waals surface area contributed by atoms with Gasteiger partial charge in [-0.05, 0) is 42.8 Å². The summed E-state index contributed by atoms with van der Waals surface area (Å²) in [5, 5.41) is 13.8. The molecule has 0 N–H and O–H groups in total. The van der Waals surface area contributed by atoms with E-state index in [0.717, 1.165) is 5.71 Å². The number of carbonyl (C=O) groups is 1. The molecule has 0 saturated carbocycles. The largest absolute Gasteiger partial charge is 0.493 e. The van der Waals surface area contributed by atoms with Crippen LogP contribution in [0.1, 0.15) is 27.9 Å². The molecule has 3 aromatic rings. The van der Waals surface area contributed by atoms with E-state index >= 15 is 0 Å². The van der Waals surface area contributed by atoms with E-state index in [2.05, 4.69) is 11.2 Å². The molecule has 2 heterocycles. The van der Waals surface area contributed by atoms with Crippen LogP contribution < -0.4 is 9.47 Å². The zero-order valence-electron chi connectivity index (χ0n) is 17.8. The lowest BCUT2D eigenvalue weighted by atomic mass is 10.1. The van der Waals surface area contributed by atoms with Crippen molar-refractivity contribution in [2.75, 3.05) is 14.2 Å². The molecule has 1 aromatic carbocycles. The van der Waals surface area contributed by atoms with Crippen LogP contribution in [0.5, 0.6) is 11.5 Å². The number of para-hydroxylation sites is 2. The molecule has 0 spiro atoms. The first kappa shape index (κ1) is 20.9. The van der Waals surface area contributed by atoms with Crippen LogP contribution in [-0.2, 0) is 4.74 Å². The van der Waals surface area contributed by atoms with Crippen molar-refractivity contribution in [1.29, 1.82) is 5.26 Å². The molecule has 0 atom stereocenters. The molecule has 1 aliphatic carbocycles. The minimum atomic E-state index is -0.469. The Hall–Kier alpha value is -4.38. The second-order valence-corrected chi connectivity index (χ2v) is 6.97. The number of methoxy groups -OCH3 is 2. The smallest absolute Gasteiger partial charge is 0.339 e. The Morgan fingerprint density at radius 2 is 2.00 bits per heavy atom. The molecule has 8 nitrogen and oxygen atoms in total. The van der Waals surface area contributed by atoms with E-state index in [1.54, 1.807) is 24.7 Å². The summed E-state index contributed by atoms with van der Waals surface area (Å²) in [6, 6.07) is 9.54. The molecule has 160 valence electrons. The van der Waals surface area contributed by atoms with E-state index in [1.165, 1.54) is 13.3 Å². The van der Waals surface area contributed by atoms with Gasteiger partial charge in [0.25, 0.3) is 0 Å². The number of hydrogen-bond acceptors (Lipinski definition) is 7. The van der Waals surface area contributed by atoms with Crippen molar-refractivity contribution in [3.63, 3.8) is 0 Å². The highest BCUT2D eigenvalue weighted by Gasteiger charge is 2.20. The number of fused-ring (bicyclic) bond motifs is 1. The van der Waals surface area contributed by atoms with Crippen molar-refractivity contribution in [2.45, 2.75) is 13.3 Å². The number of esters is 1. The van der Waals surface area contributed by atoms with E-state index < -0.39 is 5.97 Å². The van der Waals surface area contributed by atoms with Crippen LogP contribution in [0.3, 0.4) is 0 Å². The van der Waals surface area contributed by atoms with Crippen molar-refractivity contribution < 1.29 is 19.0 Å². The van der Waals surface area contributed by atoms with Crippen molar-refractivity contribution in [2.24, 2.45) is 4.99 Å². The molecule has 8 heteroatoms. The summed E-state index contributed by atoms with van der Waals surface area (Å²) in [6.45, 7) is 1.78. The van der Waals surface area contributed by atoms with Crippen LogP contribution >= 0.6 is 0 Å². The number of nitrogens with zero attached hydrogens (tertiary/aromatic N) is 4. The summed E-state index contributed by atoms with van der Waals surface area (Å²) in [5.74, 6) is 1.46. The van der Waals surface area contributed by atoms with Gasteiger partial charge in [-0.2, -0.15) is 10.4 Å². The number of hydrogen-bond donors (Lipinski definition) is 0. The molecular weight excluding hydrogens is 408 g/mol. The van der Waals surface area contributed by atoms with Crippen LogP contribution in [-0.4, -0.2) is 35.5 Å². The van der Waals surface area contributed by atoms with Crippen LogP contribution in [0.2, 0.25) is 0 Å². The van der Waals surface area contributed by atoms with Crippen molar-refractivity contribution >= 4 is 22.9 Å². The molecule has 4 rings (SSSR count). The summed E-state index contributed by atoms with van der Waals surface area (Å²) in [5.41, 5.74) is 3.13. The van der Waals surface area contributed by atoms with E-state index in [4.69, 9.17) is 19.2 Å². The molecule has 0 amide bonds. The predicted molar refractivity (Wildman–Crippen MR) is 119 cm³/mol. The fraction of sp³-hybridized carbons (Fsp3) is 0.167. The Morgan fingerprint density at radius 1 is 1.22 bits per heavy atom. The number of rotatable bonds is 5. The van der Waals surface area contributed by atoms with Crippen LogP contribution in [0.25, 0.3) is 5.52 Å². The summed E-state index contributed by atoms with van der Waals surface area (Å²) in [4.78, 5) is 16.8. The van der Waals surface area contributed by atoms with Gasteiger partial charge in [-0.3, -0.25) is 0 Å². The highest BCUT2D eigenvalue weighted by atomic mass is 16.5. The molecule has 1 aliphatic rings. The first-order chi connectivity index (χ1) is 15.5. The number of aryl methyl sites for hydroxylation is 1. The zero-order valence-corrected chi connectivity index (χ0v) is 17.8. The van der Waals surface area contributed by atoms with Crippen molar-refractivity contribution in [1.82, 2.24) is 9.61 Å². The maximum absolute atomic E-state index is 12.1. The zero-order chi connectivity index (χ0) is 22.7. The van der Waals surface area contributed by atoms with E-state index in [9.17, 15) is 10.1 Å². The van der Waals surface area contributed by atoms with Gasteiger partial charge >= 0.3 is 5.97 Å². The molecule has 0 fully saturated rings. The van der Waals surface area contributed by atoms with Crippen LogP contribution in [0, 0.1) is 18.3 Å². The SMILES string of the molecule is COC(=O)c1cn2ncc(C#N)c(N=C3C=CC(Oc4ccccc4OC)=CC3)c2c1C. The third kappa shape index (κ3) is 3.84. The lowest BCUT2D eigenvalue weighted by Gasteiger charge is -2.13. The normalized spacial score (nSPS) is 14.2. The first-order valence-electron chi connectivity index (χ1n) is 9.81. The molecule has 0 bridgehead atoms. The third-order valence-corrected chi connectivity index (χ3v) is 5.06. The Bertz CT molecular complexity index is 1340. The highest BCUT2D eigenvalue weighted by molar-refractivity contribution is 6.02. The van der Waals surface area contributed by atoms with Gasteiger partial charge < -0.3 is 14.2 Å². The molecule has 0 unspecified atom stereocenters. The Kier molecular flexibility index (Phi) is 5.73. The number of benzene rings is 1. The van der Waals surface area contributed by atoms with Gasteiger partial charge in [0.05, 0.1) is 37.1 Å². The predicted octanol–water partition coefficient (Wildman–Crippen LogP) is 4.30. The summed E-state index contributed by atoms with van der Waals surface area (Å²) >= 11 is 0. The van der Waals surface area contributed by atoms with E-state index in [1.807, 2.05) is 42.5 Å². The average molecular weight is 428 g/mol. The molecular formula is C24H20N4O4. The lowest BCUT2D eigenvalue weighted by Crippen LogP contribution is -2.03. The second kappa shape index (κ2) is 8.78. The minimum absolute atomic E-state index is 0.316. The van der Waals surface area contributed by atoms with Crippen molar-refractivity contribution in [3.05, 3.63) is 77.3 Å². The lowest BCUT2D eigenvalue weighted by molar-refractivity contribution is 0.0600. The maximum atomic E-state index is 12.1. The monoisotopic (exact) mass is 428 g/mol. The minimum Gasteiger partial charge on any atom is -0.493 e. The third-order valence-electron chi connectivity index (χ3n) is 5.06. The Labute approximate surface area is 184 Å². The summed E-state index contributed by atoms with van der Waals surface area (Å²) < 4.78 is 17.6. The number of nitriles is 1.